The van der Waals surface area contributed by atoms with Gasteiger partial charge >= 0.3 is 0 Å². The molecule has 0 spiro atoms. The summed E-state index contributed by atoms with van der Waals surface area (Å²) in [6.45, 7) is 4.02. The van der Waals surface area contributed by atoms with Gasteiger partial charge in [0.15, 0.2) is 0 Å². The molecule has 110 valence electrons. The molecular formula is C17H18ClNOS. The molecule has 0 aliphatic heterocycles. The van der Waals surface area contributed by atoms with Crippen LogP contribution in [0.25, 0.3) is 0 Å². The molecule has 0 saturated heterocycles. The van der Waals surface area contributed by atoms with Crippen LogP contribution in [0, 0.1) is 6.92 Å². The molecule has 4 heteroatoms. The van der Waals surface area contributed by atoms with E-state index in [9.17, 15) is 4.79 Å². The van der Waals surface area contributed by atoms with Crippen molar-refractivity contribution < 1.29 is 4.79 Å². The number of rotatable bonds is 5. The van der Waals surface area contributed by atoms with Gasteiger partial charge in [0.1, 0.15) is 0 Å². The number of thioether (sulfide) groups is 1. The van der Waals surface area contributed by atoms with E-state index in [0.29, 0.717) is 10.8 Å². The first-order valence-electron chi connectivity index (χ1n) is 6.79. The fraction of sp³-hybridized carbons (Fsp3) is 0.235. The summed E-state index contributed by atoms with van der Waals surface area (Å²) in [5.74, 6) is 0.448. The Kier molecular flexibility index (Phi) is 5.71. The van der Waals surface area contributed by atoms with Crippen LogP contribution < -0.4 is 5.32 Å². The van der Waals surface area contributed by atoms with Crippen LogP contribution in [0.2, 0.25) is 5.02 Å². The number of benzene rings is 2. The van der Waals surface area contributed by atoms with Gasteiger partial charge in [0.2, 0.25) is 5.91 Å². The second-order valence-corrected chi connectivity index (χ2v) is 6.43. The molecule has 2 nitrogen and oxygen atoms in total. The fourth-order valence-electron chi connectivity index (χ4n) is 1.90. The third-order valence-corrected chi connectivity index (χ3v) is 4.40. The standard InChI is InChI=1S/C17H18ClNOS/c1-12-3-9-16(10-4-12)21-11-17(20)19-13(2)14-5-7-15(18)8-6-14/h3-10,13H,11H2,1-2H3,(H,19,20). The van der Waals surface area contributed by atoms with Crippen molar-refractivity contribution in [2.45, 2.75) is 24.8 Å². The summed E-state index contributed by atoms with van der Waals surface area (Å²) in [7, 11) is 0. The normalized spacial score (nSPS) is 12.0. The number of carbonyl (C=O) groups excluding carboxylic acids is 1. The minimum absolute atomic E-state index is 0.0200. The maximum absolute atomic E-state index is 12.0. The molecule has 1 atom stereocenters. The van der Waals surface area contributed by atoms with Crippen LogP contribution in [0.15, 0.2) is 53.4 Å². The molecule has 2 aromatic rings. The van der Waals surface area contributed by atoms with Crippen molar-refractivity contribution in [2.75, 3.05) is 5.75 Å². The molecule has 0 saturated carbocycles. The number of hydrogen-bond acceptors (Lipinski definition) is 2. The second kappa shape index (κ2) is 7.53. The maximum Gasteiger partial charge on any atom is 0.230 e. The predicted molar refractivity (Wildman–Crippen MR) is 89.9 cm³/mol. The summed E-state index contributed by atoms with van der Waals surface area (Å²) in [5, 5.41) is 3.70. The molecule has 0 radical (unpaired) electrons. The van der Waals surface area contributed by atoms with E-state index in [1.165, 1.54) is 5.56 Å². The van der Waals surface area contributed by atoms with Crippen molar-refractivity contribution in [2.24, 2.45) is 0 Å². The molecule has 0 heterocycles. The van der Waals surface area contributed by atoms with E-state index in [0.717, 1.165) is 10.5 Å². The van der Waals surface area contributed by atoms with Crippen molar-refractivity contribution >= 4 is 29.3 Å². The Morgan fingerprint density at radius 1 is 1.14 bits per heavy atom. The van der Waals surface area contributed by atoms with Gasteiger partial charge in [-0.3, -0.25) is 4.79 Å². The first-order chi connectivity index (χ1) is 10.0. The molecule has 21 heavy (non-hydrogen) atoms. The van der Waals surface area contributed by atoms with E-state index < -0.39 is 0 Å². The zero-order chi connectivity index (χ0) is 15.2. The number of carbonyl (C=O) groups is 1. The van der Waals surface area contributed by atoms with Gasteiger partial charge in [-0.05, 0) is 43.7 Å². The Balaban J connectivity index is 1.83. The Labute approximate surface area is 134 Å². The Hall–Kier alpha value is -1.45. The van der Waals surface area contributed by atoms with E-state index in [1.54, 1.807) is 11.8 Å². The summed E-state index contributed by atoms with van der Waals surface area (Å²) < 4.78 is 0. The van der Waals surface area contributed by atoms with E-state index in [1.807, 2.05) is 43.3 Å². The minimum atomic E-state index is -0.0200. The number of halogens is 1. The molecular weight excluding hydrogens is 302 g/mol. The van der Waals surface area contributed by atoms with Gasteiger partial charge in [-0.15, -0.1) is 11.8 Å². The molecule has 0 aliphatic rings. The van der Waals surface area contributed by atoms with Crippen molar-refractivity contribution in [3.63, 3.8) is 0 Å². The molecule has 2 rings (SSSR count). The van der Waals surface area contributed by atoms with Gasteiger partial charge in [-0.1, -0.05) is 41.4 Å². The third-order valence-electron chi connectivity index (χ3n) is 3.14. The number of amides is 1. The minimum Gasteiger partial charge on any atom is -0.349 e. The molecule has 1 amide bonds. The van der Waals surface area contributed by atoms with Gasteiger partial charge in [-0.25, -0.2) is 0 Å². The molecule has 0 bridgehead atoms. The molecule has 0 aromatic heterocycles. The summed E-state index contributed by atoms with van der Waals surface area (Å²) in [4.78, 5) is 13.1. The topological polar surface area (TPSA) is 29.1 Å². The van der Waals surface area contributed by atoms with Crippen molar-refractivity contribution in [1.82, 2.24) is 5.32 Å². The van der Waals surface area contributed by atoms with Crippen LogP contribution in [-0.4, -0.2) is 11.7 Å². The lowest BCUT2D eigenvalue weighted by molar-refractivity contribution is -0.119. The average Bonchev–Trinajstić information content (AvgIpc) is 2.47. The van der Waals surface area contributed by atoms with Crippen molar-refractivity contribution in [3.8, 4) is 0 Å². The van der Waals surface area contributed by atoms with Crippen LogP contribution in [-0.2, 0) is 4.79 Å². The van der Waals surface area contributed by atoms with Gasteiger partial charge in [-0.2, -0.15) is 0 Å². The smallest absolute Gasteiger partial charge is 0.230 e. The SMILES string of the molecule is Cc1ccc(SCC(=O)NC(C)c2ccc(Cl)cc2)cc1. The predicted octanol–water partition coefficient (Wildman–Crippen LogP) is 4.62. The van der Waals surface area contributed by atoms with Gasteiger partial charge in [0.05, 0.1) is 11.8 Å². The lowest BCUT2D eigenvalue weighted by Crippen LogP contribution is -2.28. The lowest BCUT2D eigenvalue weighted by atomic mass is 10.1. The van der Waals surface area contributed by atoms with Gasteiger partial charge in [0.25, 0.3) is 0 Å². The zero-order valence-electron chi connectivity index (χ0n) is 12.1. The Bertz CT molecular complexity index is 595. The van der Waals surface area contributed by atoms with E-state index >= 15 is 0 Å². The molecule has 2 aromatic carbocycles. The van der Waals surface area contributed by atoms with Gasteiger partial charge < -0.3 is 5.32 Å². The lowest BCUT2D eigenvalue weighted by Gasteiger charge is -2.14. The highest BCUT2D eigenvalue weighted by molar-refractivity contribution is 8.00. The van der Waals surface area contributed by atoms with E-state index in [2.05, 4.69) is 24.4 Å². The van der Waals surface area contributed by atoms with Crippen LogP contribution in [0.4, 0.5) is 0 Å². The first kappa shape index (κ1) is 15.9. The monoisotopic (exact) mass is 319 g/mol. The largest absolute Gasteiger partial charge is 0.349 e. The van der Waals surface area contributed by atoms with Crippen LogP contribution in [0.5, 0.6) is 0 Å². The van der Waals surface area contributed by atoms with Crippen molar-refractivity contribution in [3.05, 3.63) is 64.7 Å². The average molecular weight is 320 g/mol. The molecule has 1 N–H and O–H groups in total. The zero-order valence-corrected chi connectivity index (χ0v) is 13.7. The van der Waals surface area contributed by atoms with E-state index in [-0.39, 0.29) is 11.9 Å². The number of aryl methyl sites for hydroxylation is 1. The summed E-state index contributed by atoms with van der Waals surface area (Å²) >= 11 is 7.40. The summed E-state index contributed by atoms with van der Waals surface area (Å²) in [6, 6.07) is 15.7. The van der Waals surface area contributed by atoms with Crippen LogP contribution >= 0.6 is 23.4 Å². The molecule has 0 aliphatic carbocycles. The quantitative estimate of drug-likeness (QED) is 0.815. The summed E-state index contributed by atoms with van der Waals surface area (Å²) in [5.41, 5.74) is 2.27. The molecule has 1 unspecified atom stereocenters. The summed E-state index contributed by atoms with van der Waals surface area (Å²) in [6.07, 6.45) is 0. The Morgan fingerprint density at radius 2 is 1.76 bits per heavy atom. The highest BCUT2D eigenvalue weighted by Crippen LogP contribution is 2.19. The first-order valence-corrected chi connectivity index (χ1v) is 8.15. The van der Waals surface area contributed by atoms with Crippen LogP contribution in [0.3, 0.4) is 0 Å². The van der Waals surface area contributed by atoms with Gasteiger partial charge in [0, 0.05) is 9.92 Å². The third kappa shape index (κ3) is 5.10. The fourth-order valence-corrected chi connectivity index (χ4v) is 2.74. The number of hydrogen-bond donors (Lipinski definition) is 1. The molecule has 0 fully saturated rings. The van der Waals surface area contributed by atoms with Crippen molar-refractivity contribution in [1.29, 1.82) is 0 Å². The number of nitrogens with one attached hydrogen (secondary N) is 1. The second-order valence-electron chi connectivity index (χ2n) is 4.94. The van der Waals surface area contributed by atoms with E-state index in [4.69, 9.17) is 11.6 Å². The maximum atomic E-state index is 12.0. The highest BCUT2D eigenvalue weighted by atomic mass is 35.5. The van der Waals surface area contributed by atoms with Crippen LogP contribution in [0.1, 0.15) is 24.1 Å². The Morgan fingerprint density at radius 3 is 2.38 bits per heavy atom. The highest BCUT2D eigenvalue weighted by Gasteiger charge is 2.09.